The number of hydrogen-bond acceptors (Lipinski definition) is 4. The quantitative estimate of drug-likeness (QED) is 0.342. The van der Waals surface area contributed by atoms with Crippen LogP contribution in [0.5, 0.6) is 0 Å². The molecule has 0 radical (unpaired) electrons. The van der Waals surface area contributed by atoms with Crippen molar-refractivity contribution in [2.45, 2.75) is 20.3 Å². The molecule has 7 heteroatoms. The molecule has 1 aromatic rings. The fourth-order valence-electron chi connectivity index (χ4n) is 1.68. The van der Waals surface area contributed by atoms with Gasteiger partial charge in [-0.15, -0.1) is 0 Å². The maximum atomic E-state index is 12.2. The molecule has 1 amide bonds. The van der Waals surface area contributed by atoms with E-state index < -0.39 is 0 Å². The Hall–Kier alpha value is -2.05. The van der Waals surface area contributed by atoms with Crippen LogP contribution in [-0.4, -0.2) is 44.7 Å². The number of aromatic nitrogens is 2. The van der Waals surface area contributed by atoms with Gasteiger partial charge in [0, 0.05) is 32.8 Å². The van der Waals surface area contributed by atoms with Gasteiger partial charge in [0.1, 0.15) is 5.84 Å². The molecule has 3 N–H and O–H groups in total. The minimum Gasteiger partial charge on any atom is -0.409 e. The van der Waals surface area contributed by atoms with Crippen LogP contribution < -0.4 is 5.73 Å². The molecule has 0 bridgehead atoms. The highest BCUT2D eigenvalue weighted by atomic mass is 16.4. The van der Waals surface area contributed by atoms with E-state index in [0.29, 0.717) is 30.8 Å². The Morgan fingerprint density at radius 3 is 2.78 bits per heavy atom. The van der Waals surface area contributed by atoms with E-state index in [1.165, 1.54) is 0 Å². The van der Waals surface area contributed by atoms with Crippen molar-refractivity contribution in [2.75, 3.05) is 13.1 Å². The highest BCUT2D eigenvalue weighted by molar-refractivity contribution is 5.95. The normalized spacial score (nSPS) is 11.6. The summed E-state index contributed by atoms with van der Waals surface area (Å²) in [7, 11) is 1.77. The van der Waals surface area contributed by atoms with Gasteiger partial charge in [-0.2, -0.15) is 5.10 Å². The van der Waals surface area contributed by atoms with E-state index in [1.54, 1.807) is 29.7 Å². The molecule has 7 nitrogen and oxygen atoms in total. The summed E-state index contributed by atoms with van der Waals surface area (Å²) in [6.07, 6.45) is 2.04. The molecule has 0 unspecified atom stereocenters. The van der Waals surface area contributed by atoms with Crippen LogP contribution in [0.15, 0.2) is 11.4 Å². The number of nitrogens with zero attached hydrogens (tertiary/aromatic N) is 4. The van der Waals surface area contributed by atoms with Crippen molar-refractivity contribution in [1.82, 2.24) is 14.7 Å². The number of nitrogens with two attached hydrogens (primary N) is 1. The number of rotatable bonds is 5. The summed E-state index contributed by atoms with van der Waals surface area (Å²) < 4.78 is 1.61. The second-order valence-electron chi connectivity index (χ2n) is 4.03. The molecule has 0 aliphatic heterocycles. The summed E-state index contributed by atoms with van der Waals surface area (Å²) in [5, 5.41) is 15.5. The number of hydrogen-bond donors (Lipinski definition) is 2. The van der Waals surface area contributed by atoms with Gasteiger partial charge in [-0.05, 0) is 13.8 Å². The van der Waals surface area contributed by atoms with E-state index in [1.807, 2.05) is 6.92 Å². The van der Waals surface area contributed by atoms with E-state index in [0.717, 1.165) is 0 Å². The molecule has 0 spiro atoms. The lowest BCUT2D eigenvalue weighted by atomic mass is 10.2. The maximum Gasteiger partial charge on any atom is 0.257 e. The van der Waals surface area contributed by atoms with Crippen molar-refractivity contribution < 1.29 is 10.0 Å². The van der Waals surface area contributed by atoms with E-state index in [9.17, 15) is 4.79 Å². The largest absolute Gasteiger partial charge is 0.409 e. The minimum absolute atomic E-state index is 0.0890. The van der Waals surface area contributed by atoms with Gasteiger partial charge in [0.25, 0.3) is 5.91 Å². The first-order valence-electron chi connectivity index (χ1n) is 5.75. The minimum atomic E-state index is -0.0890. The number of aryl methyl sites for hydroxylation is 2. The molecule has 0 aromatic carbocycles. The number of oxime groups is 1. The van der Waals surface area contributed by atoms with Gasteiger partial charge >= 0.3 is 0 Å². The van der Waals surface area contributed by atoms with Crippen LogP contribution in [0.1, 0.15) is 29.4 Å². The topological polar surface area (TPSA) is 96.7 Å². The molecule has 0 saturated carbocycles. The lowest BCUT2D eigenvalue weighted by Gasteiger charge is -2.20. The molecule has 0 aliphatic carbocycles. The molecular weight excluding hydrogens is 234 g/mol. The van der Waals surface area contributed by atoms with E-state index in [4.69, 9.17) is 10.9 Å². The van der Waals surface area contributed by atoms with Crippen LogP contribution in [-0.2, 0) is 7.05 Å². The number of amides is 1. The first-order chi connectivity index (χ1) is 8.49. The van der Waals surface area contributed by atoms with Crippen molar-refractivity contribution in [2.24, 2.45) is 17.9 Å². The van der Waals surface area contributed by atoms with Crippen LogP contribution in [0, 0.1) is 6.92 Å². The molecular formula is C11H19N5O2. The standard InChI is InChI=1S/C11H19N5O2/c1-4-16(6-5-10(12)14-18)11(17)9-7-15(3)13-8(9)2/h7,18H,4-6H2,1-3H3,(H2,12,14). The van der Waals surface area contributed by atoms with Gasteiger partial charge < -0.3 is 15.8 Å². The van der Waals surface area contributed by atoms with Crippen molar-refractivity contribution in [3.8, 4) is 0 Å². The molecule has 100 valence electrons. The first kappa shape index (κ1) is 14.0. The Labute approximate surface area is 106 Å². The Kier molecular flexibility index (Phi) is 4.70. The Balaban J connectivity index is 2.76. The van der Waals surface area contributed by atoms with Crippen molar-refractivity contribution >= 4 is 11.7 Å². The summed E-state index contributed by atoms with van der Waals surface area (Å²) in [5.41, 5.74) is 6.68. The van der Waals surface area contributed by atoms with Gasteiger partial charge in [0.2, 0.25) is 0 Å². The molecule has 1 aromatic heterocycles. The smallest absolute Gasteiger partial charge is 0.257 e. The number of carbonyl (C=O) groups is 1. The molecule has 0 fully saturated rings. The zero-order valence-corrected chi connectivity index (χ0v) is 10.9. The highest BCUT2D eigenvalue weighted by Crippen LogP contribution is 2.09. The Morgan fingerprint density at radius 2 is 2.33 bits per heavy atom. The lowest BCUT2D eigenvalue weighted by Crippen LogP contribution is -2.34. The van der Waals surface area contributed by atoms with Crippen LogP contribution in [0.3, 0.4) is 0 Å². The first-order valence-corrected chi connectivity index (χ1v) is 5.75. The van der Waals surface area contributed by atoms with Crippen molar-refractivity contribution in [1.29, 1.82) is 0 Å². The van der Waals surface area contributed by atoms with E-state index >= 15 is 0 Å². The van der Waals surface area contributed by atoms with Crippen LogP contribution in [0.2, 0.25) is 0 Å². The summed E-state index contributed by atoms with van der Waals surface area (Å²) in [5.74, 6) is 0.0259. The van der Waals surface area contributed by atoms with Gasteiger partial charge in [0.15, 0.2) is 0 Å². The van der Waals surface area contributed by atoms with Crippen LogP contribution >= 0.6 is 0 Å². The van der Waals surface area contributed by atoms with E-state index in [-0.39, 0.29) is 11.7 Å². The maximum absolute atomic E-state index is 12.2. The van der Waals surface area contributed by atoms with Crippen LogP contribution in [0.25, 0.3) is 0 Å². The number of amidine groups is 1. The monoisotopic (exact) mass is 253 g/mol. The predicted molar refractivity (Wildman–Crippen MR) is 67.5 cm³/mol. The predicted octanol–water partition coefficient (Wildman–Crippen LogP) is 0.327. The summed E-state index contributed by atoms with van der Waals surface area (Å²) in [4.78, 5) is 13.9. The molecule has 18 heavy (non-hydrogen) atoms. The zero-order valence-electron chi connectivity index (χ0n) is 10.9. The third-order valence-electron chi connectivity index (χ3n) is 2.68. The molecule has 0 saturated heterocycles. The van der Waals surface area contributed by atoms with Gasteiger partial charge in [-0.3, -0.25) is 9.48 Å². The fourth-order valence-corrected chi connectivity index (χ4v) is 1.68. The average Bonchev–Trinajstić information content (AvgIpc) is 2.68. The SMILES string of the molecule is CCN(CCC(N)=NO)C(=O)c1cn(C)nc1C. The summed E-state index contributed by atoms with van der Waals surface area (Å²) in [6.45, 7) is 4.66. The Morgan fingerprint density at radius 1 is 1.67 bits per heavy atom. The molecule has 0 aliphatic rings. The third kappa shape index (κ3) is 3.22. The number of carbonyl (C=O) groups excluding carboxylic acids is 1. The van der Waals surface area contributed by atoms with Gasteiger partial charge in [0.05, 0.1) is 11.3 Å². The summed E-state index contributed by atoms with van der Waals surface area (Å²) in [6, 6.07) is 0. The molecule has 1 heterocycles. The highest BCUT2D eigenvalue weighted by Gasteiger charge is 2.18. The fraction of sp³-hybridized carbons (Fsp3) is 0.545. The zero-order chi connectivity index (χ0) is 13.7. The van der Waals surface area contributed by atoms with Crippen molar-refractivity contribution in [3.05, 3.63) is 17.5 Å². The van der Waals surface area contributed by atoms with Crippen molar-refractivity contribution in [3.63, 3.8) is 0 Å². The van der Waals surface area contributed by atoms with E-state index in [2.05, 4.69) is 10.3 Å². The molecule has 0 atom stereocenters. The Bertz CT molecular complexity index is 452. The second-order valence-corrected chi connectivity index (χ2v) is 4.03. The van der Waals surface area contributed by atoms with Gasteiger partial charge in [-0.25, -0.2) is 0 Å². The second kappa shape index (κ2) is 6.04. The summed E-state index contributed by atoms with van der Waals surface area (Å²) >= 11 is 0. The molecule has 1 rings (SSSR count). The third-order valence-corrected chi connectivity index (χ3v) is 2.68. The lowest BCUT2D eigenvalue weighted by molar-refractivity contribution is 0.0767. The van der Waals surface area contributed by atoms with Crippen LogP contribution in [0.4, 0.5) is 0 Å². The average molecular weight is 253 g/mol. The van der Waals surface area contributed by atoms with Gasteiger partial charge in [-0.1, -0.05) is 5.16 Å².